The molecule has 3 atom stereocenters. The minimum absolute atomic E-state index is 0.250. The number of benzene rings is 1. The Balaban J connectivity index is 0.000000755. The third-order valence-electron chi connectivity index (χ3n) is 6.49. The van der Waals surface area contributed by atoms with E-state index >= 15 is 0 Å². The zero-order valence-electron chi connectivity index (χ0n) is 17.7. The van der Waals surface area contributed by atoms with Gasteiger partial charge in [0.05, 0.1) is 26.5 Å². The van der Waals surface area contributed by atoms with Gasteiger partial charge in [0, 0.05) is 29.7 Å². The van der Waals surface area contributed by atoms with Crippen LogP contribution < -0.4 is 4.74 Å². The fourth-order valence-electron chi connectivity index (χ4n) is 5.20. The van der Waals surface area contributed by atoms with Crippen molar-refractivity contribution >= 4 is 17.1 Å². The van der Waals surface area contributed by atoms with E-state index in [0.29, 0.717) is 17.9 Å². The van der Waals surface area contributed by atoms with Gasteiger partial charge in [-0.3, -0.25) is 4.90 Å². The monoisotopic (exact) mass is 398 g/mol. The molecule has 2 aliphatic heterocycles. The van der Waals surface area contributed by atoms with Crippen LogP contribution in [0.1, 0.15) is 44.0 Å². The van der Waals surface area contributed by atoms with E-state index in [2.05, 4.69) is 41.9 Å². The van der Waals surface area contributed by atoms with Crippen LogP contribution in [0.25, 0.3) is 10.9 Å². The summed E-state index contributed by atoms with van der Waals surface area (Å²) in [6.07, 6.45) is 5.67. The number of allylic oxidation sites excluding steroid dienone is 1. The molecule has 1 N–H and O–H groups in total. The summed E-state index contributed by atoms with van der Waals surface area (Å²) in [5.41, 5.74) is 5.44. The maximum Gasteiger partial charge on any atom is 0.373 e. The fraction of sp³-hybridized carbons (Fsp3) is 0.522. The summed E-state index contributed by atoms with van der Waals surface area (Å²) in [6.45, 7) is 6.86. The summed E-state index contributed by atoms with van der Waals surface area (Å²) < 4.78 is 11.0. The van der Waals surface area contributed by atoms with Gasteiger partial charge in [-0.05, 0) is 54.9 Å². The zero-order chi connectivity index (χ0) is 21.0. The molecule has 2 aromatic rings. The van der Waals surface area contributed by atoms with Crippen LogP contribution in [0.3, 0.4) is 0 Å². The first-order chi connectivity index (χ1) is 14.1. The van der Waals surface area contributed by atoms with Crippen molar-refractivity contribution in [1.29, 1.82) is 0 Å². The molecule has 0 bridgehead atoms. The lowest BCUT2D eigenvalue weighted by molar-refractivity contribution is -0.191. The molecular formula is C23H30N2O4. The molecule has 1 aromatic carbocycles. The Morgan fingerprint density at radius 2 is 2.10 bits per heavy atom. The van der Waals surface area contributed by atoms with Crippen LogP contribution in [0.15, 0.2) is 30.0 Å². The molecule has 3 heterocycles. The highest BCUT2D eigenvalue weighted by Crippen LogP contribution is 2.46. The van der Waals surface area contributed by atoms with Crippen LogP contribution in [0.2, 0.25) is 0 Å². The fourth-order valence-corrected chi connectivity index (χ4v) is 5.20. The predicted molar refractivity (Wildman–Crippen MR) is 111 cm³/mol. The van der Waals surface area contributed by atoms with E-state index in [1.165, 1.54) is 40.7 Å². The molecule has 1 fully saturated rings. The highest BCUT2D eigenvalue weighted by molar-refractivity contribution is 5.91. The van der Waals surface area contributed by atoms with Gasteiger partial charge in [0.2, 0.25) is 0 Å². The number of H-pyrrole nitrogens is 1. The molecule has 4 rings (SSSR count). The largest absolute Gasteiger partial charge is 0.504 e. The molecule has 2 aliphatic rings. The molecule has 0 unspecified atom stereocenters. The van der Waals surface area contributed by atoms with Crippen molar-refractivity contribution in [2.24, 2.45) is 11.8 Å². The minimum atomic E-state index is 0.250. The molecule has 29 heavy (non-hydrogen) atoms. The van der Waals surface area contributed by atoms with Gasteiger partial charge >= 0.3 is 6.15 Å². The van der Waals surface area contributed by atoms with Gasteiger partial charge in [0.1, 0.15) is 5.75 Å². The van der Waals surface area contributed by atoms with Crippen molar-refractivity contribution in [3.63, 3.8) is 0 Å². The molecule has 1 aromatic heterocycles. The number of carbonyl (C=O) groups excluding carboxylic acids is 2. The van der Waals surface area contributed by atoms with Gasteiger partial charge in [-0.15, -0.1) is 0 Å². The van der Waals surface area contributed by atoms with E-state index in [4.69, 9.17) is 19.1 Å². The van der Waals surface area contributed by atoms with Crippen LogP contribution in [-0.2, 0) is 20.7 Å². The molecule has 0 spiro atoms. The molecule has 0 amide bonds. The number of rotatable bonds is 4. The zero-order valence-corrected chi connectivity index (χ0v) is 17.7. The van der Waals surface area contributed by atoms with Crippen molar-refractivity contribution in [2.45, 2.75) is 39.2 Å². The first-order valence-corrected chi connectivity index (χ1v) is 10.2. The van der Waals surface area contributed by atoms with Gasteiger partial charge in [-0.2, -0.15) is 9.59 Å². The Hall–Kier alpha value is -2.56. The van der Waals surface area contributed by atoms with Gasteiger partial charge in [0.25, 0.3) is 0 Å². The number of ether oxygens (including phenoxy) is 2. The SMILES string of the molecule is CC[C@@H]1CN2CCc3c([nH]c4cccc(OC)c34)[C@@H]2C[C@@H]1C(C)=COC.O=C=O. The van der Waals surface area contributed by atoms with Crippen LogP contribution in [-0.4, -0.2) is 43.3 Å². The number of hydrogen-bond acceptors (Lipinski definition) is 5. The summed E-state index contributed by atoms with van der Waals surface area (Å²) in [7, 11) is 3.52. The summed E-state index contributed by atoms with van der Waals surface area (Å²) in [5, 5.41) is 1.28. The molecule has 6 nitrogen and oxygen atoms in total. The van der Waals surface area contributed by atoms with Crippen LogP contribution in [0.5, 0.6) is 5.75 Å². The van der Waals surface area contributed by atoms with E-state index in [0.717, 1.165) is 25.1 Å². The van der Waals surface area contributed by atoms with Crippen molar-refractivity contribution < 1.29 is 19.1 Å². The Morgan fingerprint density at radius 3 is 2.76 bits per heavy atom. The Bertz CT molecular complexity index is 911. The summed E-state index contributed by atoms with van der Waals surface area (Å²) >= 11 is 0. The molecule has 0 saturated carbocycles. The number of methoxy groups -OCH3 is 2. The minimum Gasteiger partial charge on any atom is -0.504 e. The highest BCUT2D eigenvalue weighted by Gasteiger charge is 2.40. The molecular weight excluding hydrogens is 368 g/mol. The Labute approximate surface area is 171 Å². The van der Waals surface area contributed by atoms with Gasteiger partial charge < -0.3 is 14.5 Å². The quantitative estimate of drug-likeness (QED) is 0.786. The lowest BCUT2D eigenvalue weighted by Gasteiger charge is -2.46. The smallest absolute Gasteiger partial charge is 0.373 e. The third kappa shape index (κ3) is 3.96. The summed E-state index contributed by atoms with van der Waals surface area (Å²) in [6, 6.07) is 6.78. The summed E-state index contributed by atoms with van der Waals surface area (Å²) in [5.74, 6) is 2.28. The molecule has 6 heteroatoms. The van der Waals surface area contributed by atoms with Crippen LogP contribution >= 0.6 is 0 Å². The number of nitrogens with one attached hydrogen (secondary N) is 1. The van der Waals surface area contributed by atoms with Gasteiger partial charge in [0.15, 0.2) is 0 Å². The van der Waals surface area contributed by atoms with E-state index < -0.39 is 0 Å². The van der Waals surface area contributed by atoms with Gasteiger partial charge in [-0.25, -0.2) is 0 Å². The van der Waals surface area contributed by atoms with E-state index in [9.17, 15) is 0 Å². The Kier molecular flexibility index (Phi) is 6.78. The van der Waals surface area contributed by atoms with Gasteiger partial charge in [-0.1, -0.05) is 19.4 Å². The molecule has 1 saturated heterocycles. The van der Waals surface area contributed by atoms with Crippen molar-refractivity contribution in [1.82, 2.24) is 9.88 Å². The first kappa shape index (κ1) is 21.2. The maximum atomic E-state index is 8.12. The van der Waals surface area contributed by atoms with Crippen molar-refractivity contribution in [3.8, 4) is 5.75 Å². The standard InChI is InChI=1S/C22H30N2O2.CO2/c1-5-15-12-24-10-9-16-21-18(7-6-8-20(21)26-4)23-22(16)19(24)11-17(15)14(2)13-25-3;2-1-3/h6-8,13,15,17,19,23H,5,9-12H2,1-4H3;/t15-,17-,19+;/m1./s1. The average Bonchev–Trinajstić information content (AvgIpc) is 3.12. The van der Waals surface area contributed by atoms with E-state index in [-0.39, 0.29) is 6.15 Å². The summed E-state index contributed by atoms with van der Waals surface area (Å²) in [4.78, 5) is 22.7. The lowest BCUT2D eigenvalue weighted by Crippen LogP contribution is -2.46. The molecule has 156 valence electrons. The normalized spacial score (nSPS) is 24.0. The van der Waals surface area contributed by atoms with E-state index in [1.54, 1.807) is 14.2 Å². The second kappa shape index (κ2) is 9.29. The van der Waals surface area contributed by atoms with E-state index in [1.807, 2.05) is 6.26 Å². The Morgan fingerprint density at radius 1 is 1.34 bits per heavy atom. The first-order valence-electron chi connectivity index (χ1n) is 10.2. The number of piperidine rings is 1. The number of hydrogen-bond donors (Lipinski definition) is 1. The molecule has 0 aliphatic carbocycles. The number of aromatic nitrogens is 1. The highest BCUT2D eigenvalue weighted by atomic mass is 16.5. The molecule has 0 radical (unpaired) electrons. The number of nitrogens with zero attached hydrogens (tertiary/aromatic N) is 1. The maximum absolute atomic E-state index is 8.12. The number of aromatic amines is 1. The topological polar surface area (TPSA) is 71.6 Å². The van der Waals surface area contributed by atoms with Crippen molar-refractivity contribution in [2.75, 3.05) is 27.3 Å². The van der Waals surface area contributed by atoms with Crippen LogP contribution in [0.4, 0.5) is 0 Å². The second-order valence-electron chi connectivity index (χ2n) is 7.85. The number of fused-ring (bicyclic) bond motifs is 5. The second-order valence-corrected chi connectivity index (χ2v) is 7.85. The van der Waals surface area contributed by atoms with Crippen molar-refractivity contribution in [3.05, 3.63) is 41.3 Å². The van der Waals surface area contributed by atoms with Crippen LogP contribution in [0, 0.1) is 11.8 Å². The predicted octanol–water partition coefficient (Wildman–Crippen LogP) is 4.09. The third-order valence-corrected chi connectivity index (χ3v) is 6.49. The average molecular weight is 399 g/mol. The lowest BCUT2D eigenvalue weighted by atomic mass is 9.74.